The fourth-order valence-electron chi connectivity index (χ4n) is 1.93. The first-order valence-electron chi connectivity index (χ1n) is 6.13. The van der Waals surface area contributed by atoms with Crippen LogP contribution in [0.4, 0.5) is 18.9 Å². The Hall–Kier alpha value is -2.50. The van der Waals surface area contributed by atoms with Gasteiger partial charge in [-0.05, 0) is 18.2 Å². The van der Waals surface area contributed by atoms with Gasteiger partial charge >= 0.3 is 0 Å². The van der Waals surface area contributed by atoms with Crippen molar-refractivity contribution in [1.29, 1.82) is 0 Å². The van der Waals surface area contributed by atoms with Gasteiger partial charge in [0.2, 0.25) is 0 Å². The number of amides is 1. The van der Waals surface area contributed by atoms with Gasteiger partial charge < -0.3 is 10.6 Å². The molecule has 0 heterocycles. The van der Waals surface area contributed by atoms with Crippen LogP contribution in [0, 0.1) is 17.5 Å². The molecule has 0 atom stereocenters. The maximum absolute atomic E-state index is 13.8. The van der Waals surface area contributed by atoms with Crippen LogP contribution in [0.3, 0.4) is 0 Å². The molecule has 1 amide bonds. The lowest BCUT2D eigenvalue weighted by atomic mass is 10.1. The maximum Gasteiger partial charge on any atom is 0.257 e. The smallest absolute Gasteiger partial charge is 0.257 e. The van der Waals surface area contributed by atoms with Gasteiger partial charge in [0.25, 0.3) is 5.91 Å². The Bertz CT molecular complexity index is 689. The van der Waals surface area contributed by atoms with E-state index in [2.05, 4.69) is 0 Å². The predicted molar refractivity (Wildman–Crippen MR) is 73.0 cm³/mol. The fourth-order valence-corrected chi connectivity index (χ4v) is 1.93. The highest BCUT2D eigenvalue weighted by Gasteiger charge is 2.20. The Morgan fingerprint density at radius 3 is 2.52 bits per heavy atom. The highest BCUT2D eigenvalue weighted by molar-refractivity contribution is 5.95. The van der Waals surface area contributed by atoms with Gasteiger partial charge in [0.15, 0.2) is 5.82 Å². The molecule has 2 aromatic rings. The molecule has 0 saturated heterocycles. The molecular formula is C15H13F3N2O. The first kappa shape index (κ1) is 14.9. The van der Waals surface area contributed by atoms with Crippen LogP contribution >= 0.6 is 0 Å². The molecule has 0 aliphatic heterocycles. The van der Waals surface area contributed by atoms with E-state index in [0.717, 1.165) is 17.0 Å². The van der Waals surface area contributed by atoms with Crippen LogP contribution in [0.15, 0.2) is 36.4 Å². The minimum atomic E-state index is -0.984. The second-order valence-corrected chi connectivity index (χ2v) is 4.61. The molecule has 0 saturated carbocycles. The zero-order chi connectivity index (χ0) is 15.6. The molecule has 0 spiro atoms. The molecule has 0 aliphatic carbocycles. The first-order valence-corrected chi connectivity index (χ1v) is 6.13. The quantitative estimate of drug-likeness (QED) is 0.885. The van der Waals surface area contributed by atoms with E-state index in [9.17, 15) is 18.0 Å². The molecule has 2 rings (SSSR count). The zero-order valence-corrected chi connectivity index (χ0v) is 11.2. The number of nitrogens with zero attached hydrogens (tertiary/aromatic N) is 1. The largest absolute Gasteiger partial charge is 0.396 e. The summed E-state index contributed by atoms with van der Waals surface area (Å²) in [5, 5.41) is 0. The third-order valence-corrected chi connectivity index (χ3v) is 3.01. The van der Waals surface area contributed by atoms with Crippen molar-refractivity contribution in [3.63, 3.8) is 0 Å². The molecule has 0 aromatic heterocycles. The van der Waals surface area contributed by atoms with Crippen LogP contribution in [0.2, 0.25) is 0 Å². The molecule has 0 radical (unpaired) electrons. The summed E-state index contributed by atoms with van der Waals surface area (Å²) in [6.07, 6.45) is 0. The van der Waals surface area contributed by atoms with Crippen molar-refractivity contribution in [2.75, 3.05) is 12.8 Å². The van der Waals surface area contributed by atoms with E-state index in [1.807, 2.05) is 0 Å². The van der Waals surface area contributed by atoms with Gasteiger partial charge in [0.05, 0.1) is 11.3 Å². The molecule has 0 aliphatic rings. The molecule has 6 heteroatoms. The van der Waals surface area contributed by atoms with E-state index in [0.29, 0.717) is 0 Å². The SMILES string of the molecule is CN(Cc1ccccc1F)C(=O)c1cc(F)cc(N)c1F. The lowest BCUT2D eigenvalue weighted by molar-refractivity contribution is 0.0779. The number of carbonyl (C=O) groups is 1. The van der Waals surface area contributed by atoms with Crippen molar-refractivity contribution < 1.29 is 18.0 Å². The summed E-state index contributed by atoms with van der Waals surface area (Å²) in [5.41, 5.74) is 4.64. The Balaban J connectivity index is 2.26. The first-order chi connectivity index (χ1) is 9.90. The number of carbonyl (C=O) groups excluding carboxylic acids is 1. The molecule has 21 heavy (non-hydrogen) atoms. The number of hydrogen-bond acceptors (Lipinski definition) is 2. The van der Waals surface area contributed by atoms with Crippen molar-refractivity contribution in [3.05, 3.63) is 65.0 Å². The van der Waals surface area contributed by atoms with E-state index in [-0.39, 0.29) is 12.1 Å². The Morgan fingerprint density at radius 1 is 1.19 bits per heavy atom. The van der Waals surface area contributed by atoms with Crippen molar-refractivity contribution in [2.24, 2.45) is 0 Å². The van der Waals surface area contributed by atoms with Crippen molar-refractivity contribution in [1.82, 2.24) is 4.90 Å². The second kappa shape index (κ2) is 5.87. The van der Waals surface area contributed by atoms with E-state index in [1.54, 1.807) is 6.07 Å². The van der Waals surface area contributed by atoms with Crippen LogP contribution in [0.5, 0.6) is 0 Å². The van der Waals surface area contributed by atoms with Crippen LogP contribution < -0.4 is 5.73 Å². The minimum Gasteiger partial charge on any atom is -0.396 e. The summed E-state index contributed by atoms with van der Waals surface area (Å²) in [6, 6.07) is 7.48. The third-order valence-electron chi connectivity index (χ3n) is 3.01. The highest BCUT2D eigenvalue weighted by Crippen LogP contribution is 2.20. The van der Waals surface area contributed by atoms with Gasteiger partial charge in [-0.1, -0.05) is 18.2 Å². The monoisotopic (exact) mass is 294 g/mol. The van der Waals surface area contributed by atoms with Crippen LogP contribution in [-0.2, 0) is 6.54 Å². The molecule has 3 nitrogen and oxygen atoms in total. The normalized spacial score (nSPS) is 10.5. The van der Waals surface area contributed by atoms with Gasteiger partial charge in [-0.25, -0.2) is 13.2 Å². The van der Waals surface area contributed by atoms with Gasteiger partial charge in [-0.2, -0.15) is 0 Å². The summed E-state index contributed by atoms with van der Waals surface area (Å²) in [5.74, 6) is -3.04. The molecule has 0 fully saturated rings. The molecule has 2 aromatic carbocycles. The Morgan fingerprint density at radius 2 is 1.86 bits per heavy atom. The molecule has 2 N–H and O–H groups in total. The zero-order valence-electron chi connectivity index (χ0n) is 11.2. The molecular weight excluding hydrogens is 281 g/mol. The fraction of sp³-hybridized carbons (Fsp3) is 0.133. The minimum absolute atomic E-state index is 0.0681. The summed E-state index contributed by atoms with van der Waals surface area (Å²) in [6.45, 7) is -0.0681. The highest BCUT2D eigenvalue weighted by atomic mass is 19.1. The Kier molecular flexibility index (Phi) is 4.16. The van der Waals surface area contributed by atoms with Crippen molar-refractivity contribution in [2.45, 2.75) is 6.54 Å². The predicted octanol–water partition coefficient (Wildman–Crippen LogP) is 2.96. The van der Waals surface area contributed by atoms with Crippen molar-refractivity contribution >= 4 is 11.6 Å². The van der Waals surface area contributed by atoms with Crippen LogP contribution in [0.1, 0.15) is 15.9 Å². The van der Waals surface area contributed by atoms with Crippen LogP contribution in [-0.4, -0.2) is 17.9 Å². The molecule has 110 valence electrons. The van der Waals surface area contributed by atoms with E-state index < -0.39 is 34.6 Å². The van der Waals surface area contributed by atoms with E-state index in [4.69, 9.17) is 5.73 Å². The molecule has 0 bridgehead atoms. The number of benzene rings is 2. The maximum atomic E-state index is 13.8. The van der Waals surface area contributed by atoms with Gasteiger partial charge in [0.1, 0.15) is 11.6 Å². The number of rotatable bonds is 3. The van der Waals surface area contributed by atoms with Gasteiger partial charge in [-0.3, -0.25) is 4.79 Å². The Labute approximate surface area is 119 Å². The van der Waals surface area contributed by atoms with Crippen molar-refractivity contribution in [3.8, 4) is 0 Å². The number of anilines is 1. The van der Waals surface area contributed by atoms with Gasteiger partial charge in [-0.15, -0.1) is 0 Å². The molecule has 0 unspecified atom stereocenters. The average molecular weight is 294 g/mol. The summed E-state index contributed by atoms with van der Waals surface area (Å²) in [7, 11) is 1.37. The summed E-state index contributed by atoms with van der Waals surface area (Å²) < 4.78 is 40.6. The number of nitrogen functional groups attached to an aromatic ring is 1. The number of nitrogens with two attached hydrogens (primary N) is 1. The second-order valence-electron chi connectivity index (χ2n) is 4.61. The van der Waals surface area contributed by atoms with Gasteiger partial charge in [0, 0.05) is 19.2 Å². The summed E-state index contributed by atoms with van der Waals surface area (Å²) in [4.78, 5) is 13.2. The standard InChI is InChI=1S/C15H13F3N2O/c1-20(8-9-4-2-3-5-12(9)17)15(21)11-6-10(16)7-13(19)14(11)18/h2-7H,8,19H2,1H3. The van der Waals surface area contributed by atoms with E-state index in [1.165, 1.54) is 25.2 Å². The lowest BCUT2D eigenvalue weighted by Gasteiger charge is -2.18. The topological polar surface area (TPSA) is 46.3 Å². The number of halogens is 3. The number of hydrogen-bond donors (Lipinski definition) is 1. The van der Waals surface area contributed by atoms with Crippen LogP contribution in [0.25, 0.3) is 0 Å². The van der Waals surface area contributed by atoms with E-state index >= 15 is 0 Å². The lowest BCUT2D eigenvalue weighted by Crippen LogP contribution is -2.27. The average Bonchev–Trinajstić information content (AvgIpc) is 2.44. The summed E-state index contributed by atoms with van der Waals surface area (Å²) >= 11 is 0. The third kappa shape index (κ3) is 3.16.